The number of primary amides is 1. The van der Waals surface area contributed by atoms with Gasteiger partial charge in [0.2, 0.25) is 11.8 Å². The lowest BCUT2D eigenvalue weighted by atomic mass is 9.97. The van der Waals surface area contributed by atoms with Gasteiger partial charge in [0.1, 0.15) is 5.82 Å². The summed E-state index contributed by atoms with van der Waals surface area (Å²) in [4.78, 5) is 25.9. The summed E-state index contributed by atoms with van der Waals surface area (Å²) in [6, 6.07) is 6.12. The van der Waals surface area contributed by atoms with E-state index in [2.05, 4.69) is 10.2 Å². The summed E-state index contributed by atoms with van der Waals surface area (Å²) in [5.74, 6) is -0.187. The van der Waals surface area contributed by atoms with Crippen LogP contribution in [0, 0.1) is 11.7 Å². The molecule has 3 heterocycles. The van der Waals surface area contributed by atoms with Gasteiger partial charge in [0.15, 0.2) is 11.0 Å². The van der Waals surface area contributed by atoms with Crippen LogP contribution in [0.1, 0.15) is 25.7 Å². The fourth-order valence-electron chi connectivity index (χ4n) is 4.02. The Morgan fingerprint density at radius 2 is 2.00 bits per heavy atom. The van der Waals surface area contributed by atoms with Crippen molar-refractivity contribution in [1.29, 1.82) is 0 Å². The zero-order chi connectivity index (χ0) is 21.8. The summed E-state index contributed by atoms with van der Waals surface area (Å²) in [6.45, 7) is 2.31. The third-order valence-electron chi connectivity index (χ3n) is 5.73. The molecule has 1 aromatic heterocycles. The first kappa shape index (κ1) is 21.8. The number of thioether (sulfide) groups is 1. The van der Waals surface area contributed by atoms with E-state index < -0.39 is 0 Å². The van der Waals surface area contributed by atoms with E-state index in [-0.39, 0.29) is 35.4 Å². The van der Waals surface area contributed by atoms with Gasteiger partial charge in [0.05, 0.1) is 24.3 Å². The molecular formula is C21H26FN5O3S. The highest BCUT2D eigenvalue weighted by Gasteiger charge is 2.28. The predicted octanol–water partition coefficient (Wildman–Crippen LogP) is 2.08. The van der Waals surface area contributed by atoms with Gasteiger partial charge < -0.3 is 15.4 Å². The molecule has 0 aliphatic carbocycles. The van der Waals surface area contributed by atoms with E-state index in [4.69, 9.17) is 10.5 Å². The van der Waals surface area contributed by atoms with E-state index in [1.807, 2.05) is 4.57 Å². The van der Waals surface area contributed by atoms with Crippen LogP contribution in [0.15, 0.2) is 29.4 Å². The molecule has 2 aliphatic heterocycles. The minimum atomic E-state index is -0.356. The number of hydrogen-bond donors (Lipinski definition) is 1. The average Bonchev–Trinajstić information content (AvgIpc) is 3.43. The molecule has 1 aromatic carbocycles. The first-order valence-corrected chi connectivity index (χ1v) is 11.5. The Morgan fingerprint density at radius 1 is 1.19 bits per heavy atom. The Morgan fingerprint density at radius 3 is 2.71 bits per heavy atom. The normalized spacial score (nSPS) is 21.4. The Kier molecular flexibility index (Phi) is 6.86. The number of benzene rings is 1. The maximum Gasteiger partial charge on any atom is 0.233 e. The molecule has 2 unspecified atom stereocenters. The van der Waals surface area contributed by atoms with E-state index in [0.29, 0.717) is 30.6 Å². The lowest BCUT2D eigenvalue weighted by molar-refractivity contribution is -0.132. The first-order valence-electron chi connectivity index (χ1n) is 10.5. The second-order valence-electron chi connectivity index (χ2n) is 7.93. The van der Waals surface area contributed by atoms with Crippen LogP contribution in [0.25, 0.3) is 11.4 Å². The van der Waals surface area contributed by atoms with Crippen LogP contribution < -0.4 is 5.73 Å². The molecule has 2 atom stereocenters. The van der Waals surface area contributed by atoms with Crippen LogP contribution in [0.2, 0.25) is 0 Å². The summed E-state index contributed by atoms with van der Waals surface area (Å²) in [5, 5.41) is 9.23. The minimum Gasteiger partial charge on any atom is -0.376 e. The summed E-state index contributed by atoms with van der Waals surface area (Å²) in [6.07, 6.45) is 3.52. The van der Waals surface area contributed by atoms with Gasteiger partial charge in [-0.25, -0.2) is 4.39 Å². The maximum atomic E-state index is 13.4. The third-order valence-corrected chi connectivity index (χ3v) is 6.68. The SMILES string of the molecule is NC(=O)C1CCCN(C(=O)CSc2nnc(-c3ccc(F)cc3)n2CC2CCCO2)C1. The van der Waals surface area contributed by atoms with Gasteiger partial charge in [-0.1, -0.05) is 11.8 Å². The fraction of sp³-hybridized carbons (Fsp3) is 0.524. The van der Waals surface area contributed by atoms with E-state index in [9.17, 15) is 14.0 Å². The molecule has 8 nitrogen and oxygen atoms in total. The summed E-state index contributed by atoms with van der Waals surface area (Å²) in [5.41, 5.74) is 6.18. The van der Waals surface area contributed by atoms with Crippen molar-refractivity contribution in [2.24, 2.45) is 11.7 Å². The van der Waals surface area contributed by atoms with Crippen molar-refractivity contribution in [3.05, 3.63) is 30.1 Å². The van der Waals surface area contributed by atoms with Gasteiger partial charge in [0, 0.05) is 25.3 Å². The van der Waals surface area contributed by atoms with Crippen molar-refractivity contribution in [2.75, 3.05) is 25.4 Å². The van der Waals surface area contributed by atoms with Gasteiger partial charge in [-0.15, -0.1) is 10.2 Å². The fourth-order valence-corrected chi connectivity index (χ4v) is 4.87. The van der Waals surface area contributed by atoms with Crippen LogP contribution in [-0.4, -0.2) is 63.0 Å². The second-order valence-corrected chi connectivity index (χ2v) is 8.87. The first-order chi connectivity index (χ1) is 15.0. The highest BCUT2D eigenvalue weighted by Crippen LogP contribution is 2.27. The van der Waals surface area contributed by atoms with Crippen molar-refractivity contribution in [2.45, 2.75) is 43.5 Å². The van der Waals surface area contributed by atoms with Crippen molar-refractivity contribution in [3.8, 4) is 11.4 Å². The van der Waals surface area contributed by atoms with Crippen LogP contribution in [0.3, 0.4) is 0 Å². The van der Waals surface area contributed by atoms with Crippen molar-refractivity contribution >= 4 is 23.6 Å². The second kappa shape index (κ2) is 9.78. The summed E-state index contributed by atoms with van der Waals surface area (Å²) >= 11 is 1.31. The van der Waals surface area contributed by atoms with E-state index in [1.165, 1.54) is 23.9 Å². The van der Waals surface area contributed by atoms with Crippen LogP contribution in [-0.2, 0) is 20.9 Å². The summed E-state index contributed by atoms with van der Waals surface area (Å²) < 4.78 is 21.1. The standard InChI is InChI=1S/C21H26FN5O3S/c22-16-7-5-14(6-8-16)20-24-25-21(27(20)12-17-4-2-10-30-17)31-13-18(28)26-9-1-3-15(11-26)19(23)29/h5-8,15,17H,1-4,9-13H2,(H2,23,29). The molecule has 2 aromatic rings. The van der Waals surface area contributed by atoms with E-state index >= 15 is 0 Å². The summed E-state index contributed by atoms with van der Waals surface area (Å²) in [7, 11) is 0. The van der Waals surface area contributed by atoms with Crippen molar-refractivity contribution < 1.29 is 18.7 Å². The van der Waals surface area contributed by atoms with Crippen molar-refractivity contribution in [1.82, 2.24) is 19.7 Å². The number of nitrogens with two attached hydrogens (primary N) is 1. The molecule has 0 spiro atoms. The number of carbonyl (C=O) groups excluding carboxylic acids is 2. The smallest absolute Gasteiger partial charge is 0.233 e. The number of halogens is 1. The molecule has 166 valence electrons. The Labute approximate surface area is 184 Å². The molecule has 0 saturated carbocycles. The van der Waals surface area contributed by atoms with Crippen LogP contribution in [0.4, 0.5) is 4.39 Å². The lowest BCUT2D eigenvalue weighted by Gasteiger charge is -2.31. The number of likely N-dealkylation sites (tertiary alicyclic amines) is 1. The molecule has 0 radical (unpaired) electrons. The van der Waals surface area contributed by atoms with Gasteiger partial charge in [-0.3, -0.25) is 14.2 Å². The molecule has 31 heavy (non-hydrogen) atoms. The van der Waals surface area contributed by atoms with E-state index in [1.54, 1.807) is 17.0 Å². The number of rotatable bonds is 7. The minimum absolute atomic E-state index is 0.0500. The lowest BCUT2D eigenvalue weighted by Crippen LogP contribution is -2.44. The number of piperidine rings is 1. The number of ether oxygens (including phenoxy) is 1. The molecule has 0 bridgehead atoms. The molecule has 2 amide bonds. The Balaban J connectivity index is 1.48. The highest BCUT2D eigenvalue weighted by atomic mass is 32.2. The van der Waals surface area contributed by atoms with Gasteiger partial charge in [-0.05, 0) is 49.9 Å². The number of nitrogens with zero attached hydrogens (tertiary/aromatic N) is 4. The molecular weight excluding hydrogens is 421 g/mol. The predicted molar refractivity (Wildman–Crippen MR) is 114 cm³/mol. The monoisotopic (exact) mass is 447 g/mol. The topological polar surface area (TPSA) is 103 Å². The number of hydrogen-bond acceptors (Lipinski definition) is 6. The van der Waals surface area contributed by atoms with Gasteiger partial charge >= 0.3 is 0 Å². The molecule has 10 heteroatoms. The van der Waals surface area contributed by atoms with Gasteiger partial charge in [0.25, 0.3) is 0 Å². The Hall–Kier alpha value is -2.46. The molecule has 2 fully saturated rings. The van der Waals surface area contributed by atoms with Gasteiger partial charge in [-0.2, -0.15) is 0 Å². The van der Waals surface area contributed by atoms with Crippen LogP contribution in [0.5, 0.6) is 0 Å². The number of amides is 2. The quantitative estimate of drug-likeness (QED) is 0.652. The maximum absolute atomic E-state index is 13.4. The largest absolute Gasteiger partial charge is 0.376 e. The van der Waals surface area contributed by atoms with Crippen molar-refractivity contribution in [3.63, 3.8) is 0 Å². The molecule has 2 aliphatic rings. The third kappa shape index (κ3) is 5.24. The van der Waals surface area contributed by atoms with E-state index in [0.717, 1.165) is 37.9 Å². The molecule has 4 rings (SSSR count). The average molecular weight is 448 g/mol. The highest BCUT2D eigenvalue weighted by molar-refractivity contribution is 7.99. The number of carbonyl (C=O) groups is 2. The number of aromatic nitrogens is 3. The molecule has 2 saturated heterocycles. The zero-order valence-electron chi connectivity index (χ0n) is 17.2. The zero-order valence-corrected chi connectivity index (χ0v) is 18.0. The Bertz CT molecular complexity index is 930. The van der Waals surface area contributed by atoms with Crippen LogP contribution >= 0.6 is 11.8 Å². The molecule has 2 N–H and O–H groups in total.